The van der Waals surface area contributed by atoms with Crippen LogP contribution in [0.4, 0.5) is 0 Å². The molecule has 0 fully saturated rings. The average Bonchev–Trinajstić information content (AvgIpc) is 2.84. The molecule has 19 heavy (non-hydrogen) atoms. The lowest BCUT2D eigenvalue weighted by molar-refractivity contribution is -0.137. The molecule has 1 heterocycles. The summed E-state index contributed by atoms with van der Waals surface area (Å²) in [5, 5.41) is 16.7. The number of carboxylic acid groups (broad SMARTS) is 1. The molecular weight excluding hydrogens is 272 g/mol. The lowest BCUT2D eigenvalue weighted by atomic mass is 10.3. The van der Waals surface area contributed by atoms with Gasteiger partial charge in [0.05, 0.1) is 6.42 Å². The summed E-state index contributed by atoms with van der Waals surface area (Å²) < 4.78 is 10.7. The Morgan fingerprint density at radius 3 is 2.63 bits per heavy atom. The largest absolute Gasteiger partial charge is 0.484 e. The fourth-order valence-corrected chi connectivity index (χ4v) is 1.46. The molecule has 0 atom stereocenters. The predicted molar refractivity (Wildman–Crippen MR) is 66.0 cm³/mol. The van der Waals surface area contributed by atoms with E-state index in [0.717, 1.165) is 0 Å². The highest BCUT2D eigenvalue weighted by atomic mass is 35.5. The minimum absolute atomic E-state index is 0.0420. The monoisotopic (exact) mass is 282 g/mol. The lowest BCUT2D eigenvalue weighted by Crippen LogP contribution is -1.97. The summed E-state index contributed by atoms with van der Waals surface area (Å²) in [5.41, 5.74) is 0. The number of carbonyl (C=O) groups is 1. The Morgan fingerprint density at radius 2 is 1.95 bits per heavy atom. The van der Waals surface area contributed by atoms with Gasteiger partial charge >= 0.3 is 5.97 Å². The van der Waals surface area contributed by atoms with Crippen molar-refractivity contribution in [2.45, 2.75) is 19.4 Å². The van der Waals surface area contributed by atoms with Crippen LogP contribution >= 0.6 is 11.6 Å². The number of ether oxygens (including phenoxy) is 1. The van der Waals surface area contributed by atoms with E-state index in [2.05, 4.69) is 10.2 Å². The first-order chi connectivity index (χ1) is 9.13. The first kappa shape index (κ1) is 13.4. The molecule has 7 heteroatoms. The van der Waals surface area contributed by atoms with E-state index in [1.165, 1.54) is 0 Å². The van der Waals surface area contributed by atoms with E-state index in [1.54, 1.807) is 24.3 Å². The molecule has 0 spiro atoms. The van der Waals surface area contributed by atoms with Gasteiger partial charge < -0.3 is 14.3 Å². The van der Waals surface area contributed by atoms with Gasteiger partial charge in [0.15, 0.2) is 6.61 Å². The minimum atomic E-state index is -0.905. The van der Waals surface area contributed by atoms with Gasteiger partial charge in [0.2, 0.25) is 5.89 Å². The lowest BCUT2D eigenvalue weighted by Gasteiger charge is -2.02. The number of nitrogens with zero attached hydrogens (tertiary/aromatic N) is 2. The molecule has 0 radical (unpaired) electrons. The summed E-state index contributed by atoms with van der Waals surface area (Å²) in [7, 11) is 0. The van der Waals surface area contributed by atoms with E-state index >= 15 is 0 Å². The molecule has 1 aromatic carbocycles. The molecular formula is C12H11ClN2O4. The van der Waals surface area contributed by atoms with Gasteiger partial charge in [-0.1, -0.05) is 11.6 Å². The Kier molecular flexibility index (Phi) is 4.35. The van der Waals surface area contributed by atoms with Crippen LogP contribution in [0.5, 0.6) is 5.75 Å². The summed E-state index contributed by atoms with van der Waals surface area (Å²) in [6, 6.07) is 6.88. The van der Waals surface area contributed by atoms with E-state index in [9.17, 15) is 4.79 Å². The van der Waals surface area contributed by atoms with Crippen molar-refractivity contribution in [3.05, 3.63) is 41.1 Å². The van der Waals surface area contributed by atoms with E-state index in [1.807, 2.05) is 0 Å². The third-order valence-electron chi connectivity index (χ3n) is 2.24. The zero-order valence-electron chi connectivity index (χ0n) is 9.88. The average molecular weight is 283 g/mol. The zero-order valence-corrected chi connectivity index (χ0v) is 10.6. The maximum Gasteiger partial charge on any atom is 0.303 e. The molecule has 0 aliphatic rings. The maximum atomic E-state index is 10.4. The molecule has 0 bridgehead atoms. The van der Waals surface area contributed by atoms with Gasteiger partial charge in [0, 0.05) is 11.4 Å². The number of rotatable bonds is 6. The summed E-state index contributed by atoms with van der Waals surface area (Å²) >= 11 is 5.75. The van der Waals surface area contributed by atoms with Crippen molar-refractivity contribution in [3.63, 3.8) is 0 Å². The number of carboxylic acids is 1. The van der Waals surface area contributed by atoms with Crippen molar-refractivity contribution in [1.82, 2.24) is 10.2 Å². The molecule has 100 valence electrons. The summed E-state index contributed by atoms with van der Waals surface area (Å²) in [6.45, 7) is 0.127. The molecule has 0 saturated carbocycles. The fraction of sp³-hybridized carbons (Fsp3) is 0.250. The Balaban J connectivity index is 1.86. The molecule has 2 aromatic rings. The van der Waals surface area contributed by atoms with E-state index in [4.69, 9.17) is 25.9 Å². The van der Waals surface area contributed by atoms with Crippen LogP contribution in [0.2, 0.25) is 5.02 Å². The molecule has 2 rings (SSSR count). The first-order valence-electron chi connectivity index (χ1n) is 5.55. The van der Waals surface area contributed by atoms with E-state index in [0.29, 0.717) is 16.7 Å². The summed E-state index contributed by atoms with van der Waals surface area (Å²) in [6.07, 6.45) is 0.170. The SMILES string of the molecule is O=C(O)CCc1nnc(COc2ccc(Cl)cc2)o1. The highest BCUT2D eigenvalue weighted by molar-refractivity contribution is 6.30. The molecule has 0 aliphatic carbocycles. The number of aromatic nitrogens is 2. The van der Waals surface area contributed by atoms with Crippen LogP contribution in [-0.4, -0.2) is 21.3 Å². The first-order valence-corrected chi connectivity index (χ1v) is 5.92. The van der Waals surface area contributed by atoms with Crippen LogP contribution in [0.25, 0.3) is 0 Å². The smallest absolute Gasteiger partial charge is 0.303 e. The second-order valence-corrected chi connectivity index (χ2v) is 4.16. The van der Waals surface area contributed by atoms with Crippen molar-refractivity contribution < 1.29 is 19.1 Å². The van der Waals surface area contributed by atoms with E-state index in [-0.39, 0.29) is 25.3 Å². The van der Waals surface area contributed by atoms with Crippen LogP contribution in [0, 0.1) is 0 Å². The Bertz CT molecular complexity index is 553. The van der Waals surface area contributed by atoms with Crippen LogP contribution in [0.3, 0.4) is 0 Å². The highest BCUT2D eigenvalue weighted by Gasteiger charge is 2.08. The maximum absolute atomic E-state index is 10.4. The second kappa shape index (κ2) is 6.19. The highest BCUT2D eigenvalue weighted by Crippen LogP contribution is 2.16. The molecule has 0 unspecified atom stereocenters. The van der Waals surface area contributed by atoms with Crippen molar-refractivity contribution >= 4 is 17.6 Å². The quantitative estimate of drug-likeness (QED) is 0.875. The number of hydrogen-bond donors (Lipinski definition) is 1. The number of hydrogen-bond acceptors (Lipinski definition) is 5. The fourth-order valence-electron chi connectivity index (χ4n) is 1.34. The van der Waals surface area contributed by atoms with Crippen molar-refractivity contribution in [1.29, 1.82) is 0 Å². The number of aliphatic carboxylic acids is 1. The molecule has 0 amide bonds. The normalized spacial score (nSPS) is 10.4. The van der Waals surface area contributed by atoms with Gasteiger partial charge in [-0.05, 0) is 24.3 Å². The third-order valence-corrected chi connectivity index (χ3v) is 2.49. The molecule has 1 N–H and O–H groups in total. The third kappa shape index (κ3) is 4.26. The van der Waals surface area contributed by atoms with Crippen molar-refractivity contribution in [2.75, 3.05) is 0 Å². The number of benzene rings is 1. The Labute approximate surface area is 114 Å². The summed E-state index contributed by atoms with van der Waals surface area (Å²) in [5.74, 6) is 0.319. The predicted octanol–water partition coefficient (Wildman–Crippen LogP) is 2.32. The van der Waals surface area contributed by atoms with Gasteiger partial charge in [0.25, 0.3) is 5.89 Å². The number of aryl methyl sites for hydroxylation is 1. The Morgan fingerprint density at radius 1 is 1.26 bits per heavy atom. The Hall–Kier alpha value is -2.08. The zero-order chi connectivity index (χ0) is 13.7. The van der Waals surface area contributed by atoms with Gasteiger partial charge in [0.1, 0.15) is 5.75 Å². The van der Waals surface area contributed by atoms with E-state index < -0.39 is 5.97 Å². The molecule has 0 saturated heterocycles. The van der Waals surface area contributed by atoms with Crippen LogP contribution in [0.15, 0.2) is 28.7 Å². The molecule has 6 nitrogen and oxygen atoms in total. The second-order valence-electron chi connectivity index (χ2n) is 3.73. The summed E-state index contributed by atoms with van der Waals surface area (Å²) in [4.78, 5) is 10.4. The topological polar surface area (TPSA) is 85.5 Å². The number of halogens is 1. The van der Waals surface area contributed by atoms with Crippen molar-refractivity contribution in [3.8, 4) is 5.75 Å². The minimum Gasteiger partial charge on any atom is -0.484 e. The standard InChI is InChI=1S/C12H11ClN2O4/c13-8-1-3-9(4-2-8)18-7-11-15-14-10(19-11)5-6-12(16)17/h1-4H,5-7H2,(H,16,17). The van der Waals surface area contributed by atoms with Crippen LogP contribution in [-0.2, 0) is 17.8 Å². The van der Waals surface area contributed by atoms with Gasteiger partial charge in [-0.3, -0.25) is 4.79 Å². The molecule has 1 aromatic heterocycles. The molecule has 0 aliphatic heterocycles. The van der Waals surface area contributed by atoms with Gasteiger partial charge in [-0.2, -0.15) is 0 Å². The van der Waals surface area contributed by atoms with Crippen molar-refractivity contribution in [2.24, 2.45) is 0 Å². The van der Waals surface area contributed by atoms with Crippen LogP contribution in [0.1, 0.15) is 18.2 Å². The van der Waals surface area contributed by atoms with Crippen LogP contribution < -0.4 is 4.74 Å². The van der Waals surface area contributed by atoms with Gasteiger partial charge in [-0.15, -0.1) is 10.2 Å². The van der Waals surface area contributed by atoms with Gasteiger partial charge in [-0.25, -0.2) is 0 Å².